The second kappa shape index (κ2) is 5.40. The molecule has 0 saturated heterocycles. The first-order valence-electron chi connectivity index (χ1n) is 7.96. The summed E-state index contributed by atoms with van der Waals surface area (Å²) in [5.41, 5.74) is 4.01. The van der Waals surface area contributed by atoms with Crippen LogP contribution in [0.4, 0.5) is 11.6 Å². The molecule has 25 heavy (non-hydrogen) atoms. The summed E-state index contributed by atoms with van der Waals surface area (Å²) in [4.78, 5) is 14.7. The van der Waals surface area contributed by atoms with Crippen molar-refractivity contribution >= 4 is 28.4 Å². The van der Waals surface area contributed by atoms with Crippen LogP contribution in [0.1, 0.15) is 25.6 Å². The smallest absolute Gasteiger partial charge is 0.255 e. The molecule has 1 aromatic carbocycles. The predicted octanol–water partition coefficient (Wildman–Crippen LogP) is 1.78. The molecule has 0 radical (unpaired) electrons. The molecule has 128 valence electrons. The van der Waals surface area contributed by atoms with Crippen LogP contribution >= 0.6 is 0 Å². The molecule has 1 aliphatic rings. The van der Waals surface area contributed by atoms with Gasteiger partial charge >= 0.3 is 0 Å². The van der Waals surface area contributed by atoms with Crippen molar-refractivity contribution in [2.75, 3.05) is 17.3 Å². The third-order valence-corrected chi connectivity index (χ3v) is 4.70. The molecule has 0 spiro atoms. The molecule has 9 nitrogen and oxygen atoms in total. The zero-order valence-corrected chi connectivity index (χ0v) is 14.4. The molecule has 2 aromatic heterocycles. The number of fused-ring (bicyclic) bond motifs is 2. The van der Waals surface area contributed by atoms with E-state index in [-0.39, 0.29) is 11.9 Å². The lowest BCUT2D eigenvalue weighted by Gasteiger charge is -2.30. The fourth-order valence-electron chi connectivity index (χ4n) is 3.18. The minimum atomic E-state index is -0.249. The number of H-pyrrole nitrogens is 1. The first kappa shape index (κ1) is 15.3. The number of hydrogen-bond donors (Lipinski definition) is 2. The molecule has 0 aliphatic carbocycles. The summed E-state index contributed by atoms with van der Waals surface area (Å²) in [5.74, 6) is 0.454. The van der Waals surface area contributed by atoms with Crippen LogP contribution < -0.4 is 10.2 Å². The highest BCUT2D eigenvalue weighted by Gasteiger charge is 2.32. The maximum atomic E-state index is 12.9. The Bertz CT molecular complexity index is 1010. The van der Waals surface area contributed by atoms with E-state index in [0.717, 1.165) is 28.0 Å². The Morgan fingerprint density at radius 1 is 1.32 bits per heavy atom. The highest BCUT2D eigenvalue weighted by atomic mass is 16.1. The maximum absolute atomic E-state index is 12.9. The maximum Gasteiger partial charge on any atom is 0.255 e. The number of aryl methyl sites for hydroxylation is 1. The lowest BCUT2D eigenvalue weighted by molar-refractivity contribution is -0.113. The number of nitrogens with zero attached hydrogens (tertiary/aromatic N) is 6. The van der Waals surface area contributed by atoms with E-state index in [9.17, 15) is 4.79 Å². The first-order chi connectivity index (χ1) is 12.0. The van der Waals surface area contributed by atoms with Gasteiger partial charge in [-0.2, -0.15) is 5.10 Å². The van der Waals surface area contributed by atoms with E-state index in [2.05, 4.69) is 31.0 Å². The van der Waals surface area contributed by atoms with Crippen molar-refractivity contribution in [3.63, 3.8) is 0 Å². The van der Waals surface area contributed by atoms with Gasteiger partial charge in [0.05, 0.1) is 17.1 Å². The Morgan fingerprint density at radius 3 is 2.92 bits per heavy atom. The number of anilines is 2. The van der Waals surface area contributed by atoms with Crippen LogP contribution in [0.25, 0.3) is 10.9 Å². The molecule has 0 fully saturated rings. The summed E-state index contributed by atoms with van der Waals surface area (Å²) >= 11 is 0. The summed E-state index contributed by atoms with van der Waals surface area (Å²) in [6, 6.07) is 5.39. The number of carbonyl (C=O) groups excluding carboxylic acids is 1. The lowest BCUT2D eigenvalue weighted by atomic mass is 10.0. The second-order valence-corrected chi connectivity index (χ2v) is 6.19. The zero-order chi connectivity index (χ0) is 17.7. The Labute approximate surface area is 143 Å². The van der Waals surface area contributed by atoms with Gasteiger partial charge in [0.25, 0.3) is 5.91 Å². The van der Waals surface area contributed by atoms with Gasteiger partial charge in [-0.3, -0.25) is 9.89 Å². The normalized spacial score (nSPS) is 17.1. The van der Waals surface area contributed by atoms with Crippen LogP contribution in [0, 0.1) is 6.92 Å². The molecule has 0 saturated carbocycles. The summed E-state index contributed by atoms with van der Waals surface area (Å²) in [6.45, 7) is 5.76. The fraction of sp³-hybridized carbons (Fsp3) is 0.312. The molecule has 3 heterocycles. The minimum Gasteiger partial charge on any atom is -0.322 e. The average molecular weight is 338 g/mol. The molecule has 4 rings (SSSR count). The van der Waals surface area contributed by atoms with Crippen LogP contribution in [-0.2, 0) is 4.79 Å². The molecular formula is C16H18N8O. The fourth-order valence-corrected chi connectivity index (χ4v) is 3.18. The molecule has 9 heteroatoms. The van der Waals surface area contributed by atoms with Gasteiger partial charge in [0.2, 0.25) is 5.95 Å². The largest absolute Gasteiger partial charge is 0.322 e. The number of nitrogens with one attached hydrogen (secondary N) is 2. The number of hydrogen-bond acceptors (Lipinski definition) is 6. The highest BCUT2D eigenvalue weighted by Crippen LogP contribution is 2.32. The highest BCUT2D eigenvalue weighted by molar-refractivity contribution is 6.06. The Kier molecular flexibility index (Phi) is 3.31. The number of benzene rings is 1. The van der Waals surface area contributed by atoms with Crippen LogP contribution in [0.15, 0.2) is 29.5 Å². The van der Waals surface area contributed by atoms with E-state index in [4.69, 9.17) is 0 Å². The molecule has 3 aromatic rings. The van der Waals surface area contributed by atoms with Crippen molar-refractivity contribution in [2.24, 2.45) is 0 Å². The second-order valence-electron chi connectivity index (χ2n) is 6.19. The molecule has 1 unspecified atom stereocenters. The van der Waals surface area contributed by atoms with Gasteiger partial charge in [0.1, 0.15) is 0 Å². The van der Waals surface area contributed by atoms with Gasteiger partial charge in [-0.25, -0.2) is 4.68 Å². The van der Waals surface area contributed by atoms with Crippen molar-refractivity contribution in [1.29, 1.82) is 0 Å². The van der Waals surface area contributed by atoms with Crippen molar-refractivity contribution in [2.45, 2.75) is 26.8 Å². The van der Waals surface area contributed by atoms with E-state index in [1.54, 1.807) is 4.68 Å². The summed E-state index contributed by atoms with van der Waals surface area (Å²) < 4.78 is 1.64. The van der Waals surface area contributed by atoms with Crippen LogP contribution in [-0.4, -0.2) is 43.4 Å². The number of aromatic nitrogens is 6. The molecular weight excluding hydrogens is 320 g/mol. The summed E-state index contributed by atoms with van der Waals surface area (Å²) in [7, 11) is 1.84. The zero-order valence-electron chi connectivity index (χ0n) is 14.4. The van der Waals surface area contributed by atoms with Crippen molar-refractivity contribution in [3.8, 4) is 0 Å². The summed E-state index contributed by atoms with van der Waals surface area (Å²) in [6.07, 6.45) is 0. The van der Waals surface area contributed by atoms with Crippen LogP contribution in [0.2, 0.25) is 0 Å². The van der Waals surface area contributed by atoms with Gasteiger partial charge in [-0.1, -0.05) is 5.10 Å². The van der Waals surface area contributed by atoms with Crippen molar-refractivity contribution in [1.82, 2.24) is 30.4 Å². The Hall–Kier alpha value is -3.23. The molecule has 0 bridgehead atoms. The average Bonchev–Trinajstić information content (AvgIpc) is 3.21. The van der Waals surface area contributed by atoms with Gasteiger partial charge in [-0.05, 0) is 49.4 Å². The van der Waals surface area contributed by atoms with E-state index in [1.807, 2.05) is 50.9 Å². The van der Waals surface area contributed by atoms with E-state index in [1.165, 1.54) is 0 Å². The van der Waals surface area contributed by atoms with E-state index >= 15 is 0 Å². The molecule has 2 N–H and O–H groups in total. The van der Waals surface area contributed by atoms with Gasteiger partial charge < -0.3 is 10.2 Å². The number of allylic oxidation sites excluding steroid dienone is 1. The number of carbonyl (C=O) groups is 1. The number of aromatic amines is 1. The monoisotopic (exact) mass is 338 g/mol. The van der Waals surface area contributed by atoms with Gasteiger partial charge in [0, 0.05) is 29.5 Å². The first-order valence-corrected chi connectivity index (χ1v) is 7.96. The van der Waals surface area contributed by atoms with Gasteiger partial charge in [0.15, 0.2) is 0 Å². The third-order valence-electron chi connectivity index (χ3n) is 4.70. The third kappa shape index (κ3) is 2.27. The Morgan fingerprint density at radius 2 is 2.12 bits per heavy atom. The molecule has 1 amide bonds. The Balaban J connectivity index is 1.67. The number of tetrazole rings is 1. The van der Waals surface area contributed by atoms with Crippen LogP contribution in [0.3, 0.4) is 0 Å². The van der Waals surface area contributed by atoms with E-state index < -0.39 is 0 Å². The standard InChI is InChI=1S/C16H18N8O/c1-8-12-7-11(5-6-13(12)19-18-8)17-15(25)14-9(2)23(4)16-20-21-22-24(16)10(14)3/h5-7,10H,1-4H3,(H,17,25)(H,18,19). The molecule has 1 aliphatic heterocycles. The predicted molar refractivity (Wildman–Crippen MR) is 93.1 cm³/mol. The quantitative estimate of drug-likeness (QED) is 0.738. The van der Waals surface area contributed by atoms with Crippen LogP contribution in [0.5, 0.6) is 0 Å². The number of amides is 1. The van der Waals surface area contributed by atoms with E-state index in [0.29, 0.717) is 11.5 Å². The minimum absolute atomic E-state index is 0.168. The van der Waals surface area contributed by atoms with Crippen molar-refractivity contribution < 1.29 is 4.79 Å². The SMILES string of the molecule is CC1=C(C(=O)Nc2ccc3n[nH]c(C)c3c2)C(C)n2nnnc2N1C. The van der Waals surface area contributed by atoms with Gasteiger partial charge in [-0.15, -0.1) is 0 Å². The summed E-state index contributed by atoms with van der Waals surface area (Å²) in [5, 5.41) is 22.8. The lowest BCUT2D eigenvalue weighted by Crippen LogP contribution is -2.34. The van der Waals surface area contributed by atoms with Crippen molar-refractivity contribution in [3.05, 3.63) is 35.2 Å². The number of rotatable bonds is 2. The topological polar surface area (TPSA) is 105 Å². The molecule has 1 atom stereocenters.